The second kappa shape index (κ2) is 8.14. The molecule has 0 bridgehead atoms. The van der Waals surface area contributed by atoms with Crippen LogP contribution in [-0.2, 0) is 6.61 Å². The molecule has 0 aliphatic heterocycles. The lowest BCUT2D eigenvalue weighted by Crippen LogP contribution is -2.38. The molecule has 0 saturated carbocycles. The van der Waals surface area contributed by atoms with E-state index in [-0.39, 0.29) is 23.5 Å². The summed E-state index contributed by atoms with van der Waals surface area (Å²) < 4.78 is 5.66. The molecule has 5 nitrogen and oxygen atoms in total. The van der Waals surface area contributed by atoms with E-state index in [2.05, 4.69) is 5.32 Å². The largest absolute Gasteiger partial charge is 0.488 e. The van der Waals surface area contributed by atoms with Crippen molar-refractivity contribution in [3.63, 3.8) is 0 Å². The Kier molecular flexibility index (Phi) is 6.17. The van der Waals surface area contributed by atoms with Crippen LogP contribution in [0.4, 0.5) is 0 Å². The summed E-state index contributed by atoms with van der Waals surface area (Å²) >= 11 is 0. The summed E-state index contributed by atoms with van der Waals surface area (Å²) in [6.07, 6.45) is -0.791. The first-order chi connectivity index (χ1) is 11.8. The third-order valence-electron chi connectivity index (χ3n) is 3.68. The standard InChI is InChI=1S/C20H25NO4/c1-20(2,3)21-12-17(22)15-9-10-18(16(11-15)19(23)24)25-13-14-7-5-4-6-8-14/h4-11,17,21-22H,12-13H2,1-3H3,(H,23,24). The zero-order chi connectivity index (χ0) is 18.4. The van der Waals surface area contributed by atoms with Crippen LogP contribution >= 0.6 is 0 Å². The minimum Gasteiger partial charge on any atom is -0.488 e. The van der Waals surface area contributed by atoms with Crippen LogP contribution in [0.1, 0.15) is 48.4 Å². The molecular formula is C20H25NO4. The number of carboxylic acids is 1. The molecule has 0 aromatic heterocycles. The molecule has 134 valence electrons. The summed E-state index contributed by atoms with van der Waals surface area (Å²) in [4.78, 5) is 11.5. The summed E-state index contributed by atoms with van der Waals surface area (Å²) in [6, 6.07) is 14.3. The summed E-state index contributed by atoms with van der Waals surface area (Å²) in [5.41, 5.74) is 1.41. The molecule has 0 radical (unpaired) electrons. The Balaban J connectivity index is 2.12. The molecular weight excluding hydrogens is 318 g/mol. The molecule has 25 heavy (non-hydrogen) atoms. The fraction of sp³-hybridized carbons (Fsp3) is 0.350. The van der Waals surface area contributed by atoms with E-state index in [1.165, 1.54) is 6.07 Å². The Morgan fingerprint density at radius 3 is 2.44 bits per heavy atom. The van der Waals surface area contributed by atoms with Gasteiger partial charge in [0.05, 0.1) is 6.10 Å². The maximum Gasteiger partial charge on any atom is 0.339 e. The second-order valence-electron chi connectivity index (χ2n) is 6.98. The number of ether oxygens (including phenoxy) is 1. The average Bonchev–Trinajstić information content (AvgIpc) is 2.58. The molecule has 3 N–H and O–H groups in total. The lowest BCUT2D eigenvalue weighted by Gasteiger charge is -2.23. The van der Waals surface area contributed by atoms with E-state index in [1.807, 2.05) is 51.1 Å². The Hall–Kier alpha value is -2.37. The third-order valence-corrected chi connectivity index (χ3v) is 3.68. The van der Waals surface area contributed by atoms with Crippen LogP contribution in [0.3, 0.4) is 0 Å². The smallest absolute Gasteiger partial charge is 0.339 e. The summed E-state index contributed by atoms with van der Waals surface area (Å²) in [6.45, 7) is 6.64. The zero-order valence-corrected chi connectivity index (χ0v) is 14.8. The fourth-order valence-electron chi connectivity index (χ4n) is 2.30. The van der Waals surface area contributed by atoms with E-state index in [4.69, 9.17) is 4.74 Å². The van der Waals surface area contributed by atoms with Crippen molar-refractivity contribution in [3.8, 4) is 5.75 Å². The number of benzene rings is 2. The molecule has 1 unspecified atom stereocenters. The first-order valence-corrected chi connectivity index (χ1v) is 8.23. The van der Waals surface area contributed by atoms with Gasteiger partial charge in [-0.15, -0.1) is 0 Å². The van der Waals surface area contributed by atoms with E-state index in [1.54, 1.807) is 12.1 Å². The predicted octanol–water partition coefficient (Wildman–Crippen LogP) is 3.39. The summed E-state index contributed by atoms with van der Waals surface area (Å²) in [7, 11) is 0. The minimum absolute atomic E-state index is 0.0447. The highest BCUT2D eigenvalue weighted by atomic mass is 16.5. The Labute approximate surface area is 148 Å². The molecule has 0 aliphatic carbocycles. The number of aliphatic hydroxyl groups excluding tert-OH is 1. The molecule has 0 fully saturated rings. The zero-order valence-electron chi connectivity index (χ0n) is 14.8. The number of aliphatic hydroxyl groups is 1. The van der Waals surface area contributed by atoms with Gasteiger partial charge in [0.25, 0.3) is 0 Å². The average molecular weight is 343 g/mol. The van der Waals surface area contributed by atoms with Crippen molar-refractivity contribution in [2.45, 2.75) is 39.0 Å². The van der Waals surface area contributed by atoms with Gasteiger partial charge in [-0.25, -0.2) is 4.79 Å². The van der Waals surface area contributed by atoms with Crippen molar-refractivity contribution >= 4 is 5.97 Å². The topological polar surface area (TPSA) is 78.8 Å². The number of rotatable bonds is 7. The Morgan fingerprint density at radius 2 is 1.84 bits per heavy atom. The molecule has 5 heteroatoms. The molecule has 2 aromatic carbocycles. The van der Waals surface area contributed by atoms with E-state index >= 15 is 0 Å². The maximum atomic E-state index is 11.5. The van der Waals surface area contributed by atoms with Gasteiger partial charge in [-0.05, 0) is 44.0 Å². The Morgan fingerprint density at radius 1 is 1.16 bits per heavy atom. The number of nitrogens with one attached hydrogen (secondary N) is 1. The molecule has 1 atom stereocenters. The monoisotopic (exact) mass is 343 g/mol. The maximum absolute atomic E-state index is 11.5. The quantitative estimate of drug-likeness (QED) is 0.718. The van der Waals surface area contributed by atoms with Gasteiger partial charge in [-0.1, -0.05) is 36.4 Å². The van der Waals surface area contributed by atoms with Gasteiger partial charge in [-0.3, -0.25) is 0 Å². The number of hydrogen-bond donors (Lipinski definition) is 3. The normalized spacial score (nSPS) is 12.6. The first kappa shape index (κ1) is 19.0. The van der Waals surface area contributed by atoms with E-state index in [0.717, 1.165) is 5.56 Å². The molecule has 2 rings (SSSR count). The lowest BCUT2D eigenvalue weighted by molar-refractivity contribution is 0.0691. The predicted molar refractivity (Wildman–Crippen MR) is 96.9 cm³/mol. The Bertz CT molecular complexity index is 707. The molecule has 0 amide bonds. The van der Waals surface area contributed by atoms with Crippen molar-refractivity contribution in [2.24, 2.45) is 0 Å². The van der Waals surface area contributed by atoms with Crippen LogP contribution in [0, 0.1) is 0 Å². The SMILES string of the molecule is CC(C)(C)NCC(O)c1ccc(OCc2ccccc2)c(C(=O)O)c1. The van der Waals surface area contributed by atoms with Crippen molar-refractivity contribution in [2.75, 3.05) is 6.54 Å². The van der Waals surface area contributed by atoms with Crippen molar-refractivity contribution in [1.82, 2.24) is 5.32 Å². The highest BCUT2D eigenvalue weighted by Gasteiger charge is 2.18. The van der Waals surface area contributed by atoms with Crippen LogP contribution in [0.15, 0.2) is 48.5 Å². The number of β-amino-alcohol motifs (C(OH)–C–C–N with tert-alkyl or cyclic N) is 1. The number of carbonyl (C=O) groups is 1. The summed E-state index contributed by atoms with van der Waals surface area (Å²) in [5, 5.41) is 22.9. The summed E-state index contributed by atoms with van der Waals surface area (Å²) in [5.74, 6) is -0.794. The van der Waals surface area contributed by atoms with Gasteiger partial charge in [0.1, 0.15) is 17.9 Å². The minimum atomic E-state index is -1.08. The first-order valence-electron chi connectivity index (χ1n) is 8.23. The van der Waals surface area contributed by atoms with Crippen molar-refractivity contribution in [3.05, 3.63) is 65.2 Å². The van der Waals surface area contributed by atoms with Gasteiger partial charge in [0.15, 0.2) is 0 Å². The second-order valence-corrected chi connectivity index (χ2v) is 6.98. The highest BCUT2D eigenvalue weighted by molar-refractivity contribution is 5.91. The number of aromatic carboxylic acids is 1. The van der Waals surface area contributed by atoms with Gasteiger partial charge in [0, 0.05) is 12.1 Å². The van der Waals surface area contributed by atoms with Gasteiger partial charge in [-0.2, -0.15) is 0 Å². The molecule has 0 aliphatic rings. The molecule has 0 saturated heterocycles. The van der Waals surface area contributed by atoms with Gasteiger partial charge >= 0.3 is 5.97 Å². The lowest BCUT2D eigenvalue weighted by atomic mass is 10.0. The van der Waals surface area contributed by atoms with Crippen LogP contribution in [0.2, 0.25) is 0 Å². The third kappa shape index (κ3) is 5.89. The highest BCUT2D eigenvalue weighted by Crippen LogP contribution is 2.25. The van der Waals surface area contributed by atoms with Gasteiger partial charge in [0.2, 0.25) is 0 Å². The van der Waals surface area contributed by atoms with Crippen molar-refractivity contribution < 1.29 is 19.7 Å². The molecule has 0 spiro atoms. The van der Waals surface area contributed by atoms with Crippen LogP contribution < -0.4 is 10.1 Å². The van der Waals surface area contributed by atoms with E-state index in [9.17, 15) is 15.0 Å². The number of hydrogen-bond acceptors (Lipinski definition) is 4. The van der Waals surface area contributed by atoms with Crippen LogP contribution in [0.25, 0.3) is 0 Å². The van der Waals surface area contributed by atoms with E-state index in [0.29, 0.717) is 12.1 Å². The van der Waals surface area contributed by atoms with Gasteiger partial charge < -0.3 is 20.3 Å². The fourth-order valence-corrected chi connectivity index (χ4v) is 2.30. The van der Waals surface area contributed by atoms with Crippen LogP contribution in [-0.4, -0.2) is 28.3 Å². The van der Waals surface area contributed by atoms with Crippen LogP contribution in [0.5, 0.6) is 5.75 Å². The van der Waals surface area contributed by atoms with E-state index < -0.39 is 12.1 Å². The molecule has 2 aromatic rings. The number of carboxylic acid groups (broad SMARTS) is 1. The molecule has 0 heterocycles. The van der Waals surface area contributed by atoms with Crippen molar-refractivity contribution in [1.29, 1.82) is 0 Å².